The van der Waals surface area contributed by atoms with Crippen LogP contribution in [0.1, 0.15) is 30.9 Å². The Morgan fingerprint density at radius 3 is 2.24 bits per heavy atom. The third kappa shape index (κ3) is 5.11. The van der Waals surface area contributed by atoms with Crippen LogP contribution < -0.4 is 14.2 Å². The molecule has 2 aromatic rings. The smallest absolute Gasteiger partial charge is 0.247 e. The summed E-state index contributed by atoms with van der Waals surface area (Å²) in [5.74, 6) is 2.38. The summed E-state index contributed by atoms with van der Waals surface area (Å²) in [6, 6.07) is 13.9. The average Bonchev–Trinajstić information content (AvgIpc) is 3.60. The highest BCUT2D eigenvalue weighted by Crippen LogP contribution is 2.37. The summed E-state index contributed by atoms with van der Waals surface area (Å²) < 4.78 is 16.2. The van der Waals surface area contributed by atoms with Gasteiger partial charge in [-0.05, 0) is 43.4 Å². The van der Waals surface area contributed by atoms with E-state index in [4.69, 9.17) is 14.2 Å². The molecule has 5 nitrogen and oxygen atoms in total. The fourth-order valence-electron chi connectivity index (χ4n) is 3.48. The molecule has 2 aromatic carbocycles. The van der Waals surface area contributed by atoms with Crippen LogP contribution in [-0.4, -0.2) is 38.2 Å². The number of carbonyl (C=O) groups is 1. The zero-order chi connectivity index (χ0) is 20.8. The Balaban J connectivity index is 1.84. The van der Waals surface area contributed by atoms with Crippen LogP contribution >= 0.6 is 0 Å². The Morgan fingerprint density at radius 1 is 1.03 bits per heavy atom. The van der Waals surface area contributed by atoms with Crippen LogP contribution in [0.2, 0.25) is 0 Å². The van der Waals surface area contributed by atoms with Gasteiger partial charge in [-0.1, -0.05) is 30.3 Å². The molecule has 0 radical (unpaired) electrons. The first kappa shape index (κ1) is 20.8. The number of ether oxygens (including phenoxy) is 3. The summed E-state index contributed by atoms with van der Waals surface area (Å²) in [6.07, 6.45) is 5.77. The standard InChI is InChI=1S/C24H29NO4/c1-17(19-10-11-19)25(16-18-8-6-5-7-9-18)24(26)13-12-20-14-22(28-3)23(29-4)15-21(20)27-2/h5-9,12-15,17,19H,10-11,16H2,1-4H3. The van der Waals surface area contributed by atoms with Crippen molar-refractivity contribution in [3.8, 4) is 17.2 Å². The van der Waals surface area contributed by atoms with Gasteiger partial charge >= 0.3 is 0 Å². The molecule has 1 unspecified atom stereocenters. The van der Waals surface area contributed by atoms with E-state index in [2.05, 4.69) is 19.1 Å². The van der Waals surface area contributed by atoms with Gasteiger partial charge < -0.3 is 19.1 Å². The molecule has 1 aliphatic carbocycles. The largest absolute Gasteiger partial charge is 0.496 e. The summed E-state index contributed by atoms with van der Waals surface area (Å²) in [4.78, 5) is 15.1. The van der Waals surface area contributed by atoms with E-state index in [1.54, 1.807) is 39.5 Å². The van der Waals surface area contributed by atoms with Gasteiger partial charge in [-0.15, -0.1) is 0 Å². The third-order valence-electron chi connectivity index (χ3n) is 5.42. The van der Waals surface area contributed by atoms with Crippen LogP contribution in [0, 0.1) is 5.92 Å². The fraction of sp³-hybridized carbons (Fsp3) is 0.375. The van der Waals surface area contributed by atoms with E-state index in [0.717, 1.165) is 11.1 Å². The number of hydrogen-bond acceptors (Lipinski definition) is 4. The molecule has 29 heavy (non-hydrogen) atoms. The van der Waals surface area contributed by atoms with Crippen LogP contribution in [0.3, 0.4) is 0 Å². The normalized spacial score (nSPS) is 14.5. The maximum atomic E-state index is 13.1. The topological polar surface area (TPSA) is 48.0 Å². The molecule has 0 heterocycles. The second-order valence-corrected chi connectivity index (χ2v) is 7.31. The maximum absolute atomic E-state index is 13.1. The maximum Gasteiger partial charge on any atom is 0.247 e. The molecule has 0 aliphatic heterocycles. The lowest BCUT2D eigenvalue weighted by atomic mass is 10.1. The van der Waals surface area contributed by atoms with Gasteiger partial charge in [0.15, 0.2) is 11.5 Å². The zero-order valence-corrected chi connectivity index (χ0v) is 17.6. The number of methoxy groups -OCH3 is 3. The minimum absolute atomic E-state index is 0.00917. The molecule has 5 heteroatoms. The molecule has 1 fully saturated rings. The predicted molar refractivity (Wildman–Crippen MR) is 114 cm³/mol. The minimum Gasteiger partial charge on any atom is -0.496 e. The van der Waals surface area contributed by atoms with E-state index in [9.17, 15) is 4.79 Å². The molecule has 154 valence electrons. The molecule has 3 rings (SSSR count). The van der Waals surface area contributed by atoms with Crippen molar-refractivity contribution in [2.45, 2.75) is 32.4 Å². The minimum atomic E-state index is -0.00917. The van der Waals surface area contributed by atoms with Crippen molar-refractivity contribution in [3.05, 3.63) is 59.7 Å². The third-order valence-corrected chi connectivity index (χ3v) is 5.42. The number of amides is 1. The monoisotopic (exact) mass is 395 g/mol. The first-order valence-electron chi connectivity index (χ1n) is 9.90. The molecule has 1 saturated carbocycles. The Labute approximate surface area is 172 Å². The summed E-state index contributed by atoms with van der Waals surface area (Å²) in [5.41, 5.74) is 1.89. The van der Waals surface area contributed by atoms with Crippen molar-refractivity contribution in [3.63, 3.8) is 0 Å². The molecule has 1 aliphatic rings. The Morgan fingerprint density at radius 2 is 1.66 bits per heavy atom. The van der Waals surface area contributed by atoms with Crippen molar-refractivity contribution in [2.75, 3.05) is 21.3 Å². The molecule has 0 spiro atoms. The van der Waals surface area contributed by atoms with Gasteiger partial charge in [0.2, 0.25) is 5.91 Å². The van der Waals surface area contributed by atoms with E-state index in [1.165, 1.54) is 12.8 Å². The van der Waals surface area contributed by atoms with Crippen molar-refractivity contribution in [1.29, 1.82) is 0 Å². The van der Waals surface area contributed by atoms with E-state index in [0.29, 0.717) is 29.7 Å². The van der Waals surface area contributed by atoms with E-state index in [-0.39, 0.29) is 11.9 Å². The Bertz CT molecular complexity index is 859. The number of hydrogen-bond donors (Lipinski definition) is 0. The van der Waals surface area contributed by atoms with E-state index >= 15 is 0 Å². The quantitative estimate of drug-likeness (QED) is 0.584. The molecular weight excluding hydrogens is 366 g/mol. The number of rotatable bonds is 9. The molecule has 1 atom stereocenters. The van der Waals surface area contributed by atoms with Crippen molar-refractivity contribution in [2.24, 2.45) is 5.92 Å². The SMILES string of the molecule is COc1cc(OC)c(OC)cc1C=CC(=O)N(Cc1ccccc1)C(C)C1CC1. The predicted octanol–water partition coefficient (Wildman–Crippen LogP) is 4.55. The summed E-state index contributed by atoms with van der Waals surface area (Å²) in [7, 11) is 4.76. The van der Waals surface area contributed by atoms with Gasteiger partial charge in [0, 0.05) is 30.3 Å². The molecule has 0 bridgehead atoms. The summed E-state index contributed by atoms with van der Waals surface area (Å²) >= 11 is 0. The first-order valence-corrected chi connectivity index (χ1v) is 9.90. The lowest BCUT2D eigenvalue weighted by Gasteiger charge is -2.28. The molecule has 0 saturated heterocycles. The Kier molecular flexibility index (Phi) is 6.81. The zero-order valence-electron chi connectivity index (χ0n) is 17.6. The van der Waals surface area contributed by atoms with Gasteiger partial charge in [-0.2, -0.15) is 0 Å². The molecule has 1 amide bonds. The van der Waals surface area contributed by atoms with Crippen molar-refractivity contribution < 1.29 is 19.0 Å². The molecular formula is C24H29NO4. The number of carbonyl (C=O) groups excluding carboxylic acids is 1. The number of nitrogens with zero attached hydrogens (tertiary/aromatic N) is 1. The lowest BCUT2D eigenvalue weighted by molar-refractivity contribution is -0.129. The van der Waals surface area contributed by atoms with Gasteiger partial charge in [0.1, 0.15) is 5.75 Å². The van der Waals surface area contributed by atoms with Crippen LogP contribution in [0.4, 0.5) is 0 Å². The van der Waals surface area contributed by atoms with Crippen LogP contribution in [0.15, 0.2) is 48.5 Å². The summed E-state index contributed by atoms with van der Waals surface area (Å²) in [6.45, 7) is 2.74. The highest BCUT2D eigenvalue weighted by molar-refractivity contribution is 5.92. The first-order chi connectivity index (χ1) is 14.1. The van der Waals surface area contributed by atoms with Crippen LogP contribution in [0.5, 0.6) is 17.2 Å². The molecule has 0 aromatic heterocycles. The van der Waals surface area contributed by atoms with Gasteiger partial charge in [-0.25, -0.2) is 0 Å². The van der Waals surface area contributed by atoms with Gasteiger partial charge in [-0.3, -0.25) is 4.79 Å². The second kappa shape index (κ2) is 9.50. The fourth-order valence-corrected chi connectivity index (χ4v) is 3.48. The average molecular weight is 395 g/mol. The lowest BCUT2D eigenvalue weighted by Crippen LogP contribution is -2.38. The van der Waals surface area contributed by atoms with Crippen LogP contribution in [-0.2, 0) is 11.3 Å². The van der Waals surface area contributed by atoms with Gasteiger partial charge in [0.25, 0.3) is 0 Å². The van der Waals surface area contributed by atoms with Crippen molar-refractivity contribution >= 4 is 12.0 Å². The van der Waals surface area contributed by atoms with Crippen LogP contribution in [0.25, 0.3) is 6.08 Å². The van der Waals surface area contributed by atoms with Gasteiger partial charge in [0.05, 0.1) is 21.3 Å². The number of benzene rings is 2. The second-order valence-electron chi connectivity index (χ2n) is 7.31. The summed E-state index contributed by atoms with van der Waals surface area (Å²) in [5, 5.41) is 0. The van der Waals surface area contributed by atoms with E-state index < -0.39 is 0 Å². The van der Waals surface area contributed by atoms with E-state index in [1.807, 2.05) is 29.2 Å². The molecule has 0 N–H and O–H groups in total. The Hall–Kier alpha value is -2.95. The van der Waals surface area contributed by atoms with Crippen molar-refractivity contribution in [1.82, 2.24) is 4.90 Å². The highest BCUT2D eigenvalue weighted by atomic mass is 16.5. The highest BCUT2D eigenvalue weighted by Gasteiger charge is 2.33.